The maximum absolute atomic E-state index is 12.2. The molecule has 0 rings (SSSR count). The van der Waals surface area contributed by atoms with E-state index < -0.39 is 6.10 Å². The summed E-state index contributed by atoms with van der Waals surface area (Å²) in [6.07, 6.45) is 56.9. The fraction of sp³-hybridized carbons (Fsp3) is 0.880. The van der Waals surface area contributed by atoms with Gasteiger partial charge in [-0.3, -0.25) is 9.59 Å². The van der Waals surface area contributed by atoms with Crippen molar-refractivity contribution in [3.8, 4) is 0 Å². The summed E-state index contributed by atoms with van der Waals surface area (Å²) < 4.78 is 10.7. The molecule has 0 aromatic carbocycles. The average Bonchev–Trinajstić information content (AvgIpc) is 3.19. The number of ether oxygens (including phenoxy) is 2. The average molecular weight is 775 g/mol. The lowest BCUT2D eigenvalue weighted by atomic mass is 10.0. The first-order valence-electron chi connectivity index (χ1n) is 24.4. The molecule has 0 aromatic rings. The van der Waals surface area contributed by atoms with E-state index in [9.17, 15) is 14.7 Å². The Morgan fingerprint density at radius 2 is 0.727 bits per heavy atom. The zero-order chi connectivity index (χ0) is 40.0. The van der Waals surface area contributed by atoms with Gasteiger partial charge in [0, 0.05) is 12.8 Å². The van der Waals surface area contributed by atoms with Crippen LogP contribution in [0.4, 0.5) is 0 Å². The number of allylic oxidation sites excluding steroid dienone is 4. The van der Waals surface area contributed by atoms with Crippen LogP contribution >= 0.6 is 0 Å². The summed E-state index contributed by atoms with van der Waals surface area (Å²) in [5.41, 5.74) is 0. The third-order valence-corrected chi connectivity index (χ3v) is 11.0. The standard InChI is InChI=1S/C50H94O5/c1-3-5-7-9-11-13-15-17-19-21-23-24-25-27-28-30-32-34-36-38-40-42-44-49(52)54-47-48(46-51)55-50(53)45-43-41-39-37-35-33-31-29-26-22-20-18-16-14-12-10-8-6-4-2/h12,14,18,20,48,51H,3-11,13,15-17,19,21-47H2,1-2H3/b14-12-,20-18-. The van der Waals surface area contributed by atoms with E-state index in [-0.39, 0.29) is 25.2 Å². The van der Waals surface area contributed by atoms with Crippen molar-refractivity contribution in [2.24, 2.45) is 0 Å². The first kappa shape index (κ1) is 53.4. The number of aliphatic hydroxyl groups excluding tert-OH is 1. The van der Waals surface area contributed by atoms with E-state index in [1.54, 1.807) is 0 Å². The first-order valence-corrected chi connectivity index (χ1v) is 24.4. The van der Waals surface area contributed by atoms with Gasteiger partial charge in [0.05, 0.1) is 6.61 Å². The van der Waals surface area contributed by atoms with Gasteiger partial charge in [-0.15, -0.1) is 0 Å². The van der Waals surface area contributed by atoms with Crippen LogP contribution in [-0.2, 0) is 19.1 Å². The number of hydrogen-bond acceptors (Lipinski definition) is 5. The molecule has 0 aliphatic heterocycles. The summed E-state index contributed by atoms with van der Waals surface area (Å²) in [5.74, 6) is -0.581. The Morgan fingerprint density at radius 1 is 0.418 bits per heavy atom. The second-order valence-corrected chi connectivity index (χ2v) is 16.5. The lowest BCUT2D eigenvalue weighted by Crippen LogP contribution is -2.28. The molecule has 1 N–H and O–H groups in total. The Bertz CT molecular complexity index is 836. The number of carbonyl (C=O) groups is 2. The Hall–Kier alpha value is -1.62. The zero-order valence-electron chi connectivity index (χ0n) is 37.0. The molecule has 0 aliphatic carbocycles. The van der Waals surface area contributed by atoms with Crippen LogP contribution in [0, 0.1) is 0 Å². The lowest BCUT2D eigenvalue weighted by Gasteiger charge is -2.15. The highest BCUT2D eigenvalue weighted by Crippen LogP contribution is 2.16. The van der Waals surface area contributed by atoms with Gasteiger partial charge in [0.25, 0.3) is 0 Å². The van der Waals surface area contributed by atoms with Gasteiger partial charge < -0.3 is 14.6 Å². The molecule has 1 atom stereocenters. The number of esters is 2. The predicted molar refractivity (Wildman–Crippen MR) is 238 cm³/mol. The van der Waals surface area contributed by atoms with Crippen molar-refractivity contribution in [3.05, 3.63) is 24.3 Å². The number of aliphatic hydroxyl groups is 1. The molecular formula is C50H94O5. The van der Waals surface area contributed by atoms with E-state index in [2.05, 4.69) is 38.2 Å². The maximum Gasteiger partial charge on any atom is 0.306 e. The third-order valence-electron chi connectivity index (χ3n) is 11.0. The summed E-state index contributed by atoms with van der Waals surface area (Å²) >= 11 is 0. The van der Waals surface area contributed by atoms with Gasteiger partial charge in [0.2, 0.25) is 0 Å². The van der Waals surface area contributed by atoms with Gasteiger partial charge >= 0.3 is 11.9 Å². The fourth-order valence-electron chi connectivity index (χ4n) is 7.29. The largest absolute Gasteiger partial charge is 0.462 e. The third kappa shape index (κ3) is 45.0. The van der Waals surface area contributed by atoms with Gasteiger partial charge in [-0.1, -0.05) is 231 Å². The molecule has 55 heavy (non-hydrogen) atoms. The molecule has 1 unspecified atom stereocenters. The quantitative estimate of drug-likeness (QED) is 0.0379. The van der Waals surface area contributed by atoms with Crippen LogP contribution in [-0.4, -0.2) is 36.4 Å². The summed E-state index contributed by atoms with van der Waals surface area (Å²) in [7, 11) is 0. The first-order chi connectivity index (χ1) is 27.1. The number of unbranched alkanes of at least 4 members (excludes halogenated alkanes) is 33. The van der Waals surface area contributed by atoms with E-state index >= 15 is 0 Å². The minimum atomic E-state index is -0.770. The molecule has 0 aromatic heterocycles. The normalized spacial score (nSPS) is 12.3. The van der Waals surface area contributed by atoms with Crippen molar-refractivity contribution in [1.29, 1.82) is 0 Å². The van der Waals surface area contributed by atoms with Gasteiger partial charge in [-0.05, 0) is 44.9 Å². The Morgan fingerprint density at radius 3 is 1.11 bits per heavy atom. The number of rotatable bonds is 45. The summed E-state index contributed by atoms with van der Waals surface area (Å²) in [6.45, 7) is 4.15. The van der Waals surface area contributed by atoms with E-state index in [0.29, 0.717) is 12.8 Å². The molecule has 0 saturated heterocycles. The summed E-state index contributed by atoms with van der Waals surface area (Å²) in [5, 5.41) is 9.61. The van der Waals surface area contributed by atoms with Crippen molar-refractivity contribution in [1.82, 2.24) is 0 Å². The van der Waals surface area contributed by atoms with Crippen LogP contribution in [0.1, 0.15) is 264 Å². The van der Waals surface area contributed by atoms with Gasteiger partial charge in [-0.2, -0.15) is 0 Å². The van der Waals surface area contributed by atoms with E-state index in [1.165, 1.54) is 199 Å². The van der Waals surface area contributed by atoms with Gasteiger partial charge in [-0.25, -0.2) is 0 Å². The highest BCUT2D eigenvalue weighted by Gasteiger charge is 2.16. The maximum atomic E-state index is 12.2. The van der Waals surface area contributed by atoms with Crippen LogP contribution in [0.25, 0.3) is 0 Å². The second-order valence-electron chi connectivity index (χ2n) is 16.5. The van der Waals surface area contributed by atoms with Crippen molar-refractivity contribution < 1.29 is 24.2 Å². The second kappa shape index (κ2) is 46.8. The molecule has 0 fully saturated rings. The minimum absolute atomic E-state index is 0.0623. The van der Waals surface area contributed by atoms with Crippen molar-refractivity contribution in [2.75, 3.05) is 13.2 Å². The fourth-order valence-corrected chi connectivity index (χ4v) is 7.29. The Balaban J connectivity index is 3.47. The molecule has 0 saturated carbocycles. The monoisotopic (exact) mass is 775 g/mol. The minimum Gasteiger partial charge on any atom is -0.462 e. The van der Waals surface area contributed by atoms with Crippen LogP contribution in [0.15, 0.2) is 24.3 Å². The molecule has 5 nitrogen and oxygen atoms in total. The topological polar surface area (TPSA) is 72.8 Å². The molecule has 324 valence electrons. The van der Waals surface area contributed by atoms with E-state index in [4.69, 9.17) is 9.47 Å². The predicted octanol–water partition coefficient (Wildman–Crippen LogP) is 15.8. The van der Waals surface area contributed by atoms with Crippen LogP contribution in [0.3, 0.4) is 0 Å². The van der Waals surface area contributed by atoms with Gasteiger partial charge in [0.1, 0.15) is 6.61 Å². The Kier molecular flexibility index (Phi) is 45.4. The highest BCUT2D eigenvalue weighted by molar-refractivity contribution is 5.70. The summed E-state index contributed by atoms with van der Waals surface area (Å²) in [6, 6.07) is 0. The SMILES string of the molecule is CCCCC/C=C\C/C=C\CCCCCCCCCCCC(=O)OC(CO)COC(=O)CCCCCCCCCCCCCCCCCCCCCCCC. The zero-order valence-corrected chi connectivity index (χ0v) is 37.0. The molecular weight excluding hydrogens is 681 g/mol. The summed E-state index contributed by atoms with van der Waals surface area (Å²) in [4.78, 5) is 24.4. The molecule has 0 bridgehead atoms. The van der Waals surface area contributed by atoms with Crippen molar-refractivity contribution >= 4 is 11.9 Å². The molecule has 0 heterocycles. The van der Waals surface area contributed by atoms with E-state index in [0.717, 1.165) is 38.5 Å². The van der Waals surface area contributed by atoms with Crippen molar-refractivity contribution in [2.45, 2.75) is 270 Å². The Labute approximate surface area is 343 Å². The van der Waals surface area contributed by atoms with Gasteiger partial charge in [0.15, 0.2) is 6.10 Å². The molecule has 0 aliphatic rings. The number of hydrogen-bond donors (Lipinski definition) is 1. The van der Waals surface area contributed by atoms with Crippen molar-refractivity contribution in [3.63, 3.8) is 0 Å². The molecule has 0 radical (unpaired) electrons. The number of carbonyl (C=O) groups excluding carboxylic acids is 2. The van der Waals surface area contributed by atoms with E-state index in [1.807, 2.05) is 0 Å². The smallest absolute Gasteiger partial charge is 0.306 e. The molecule has 5 heteroatoms. The van der Waals surface area contributed by atoms with Crippen LogP contribution in [0.5, 0.6) is 0 Å². The molecule has 0 spiro atoms. The van der Waals surface area contributed by atoms with Crippen LogP contribution in [0.2, 0.25) is 0 Å². The lowest BCUT2D eigenvalue weighted by molar-refractivity contribution is -0.161. The van der Waals surface area contributed by atoms with Crippen LogP contribution < -0.4 is 0 Å². The molecule has 0 amide bonds. The highest BCUT2D eigenvalue weighted by atomic mass is 16.6.